The second-order valence-electron chi connectivity index (χ2n) is 7.03. The van der Waals surface area contributed by atoms with Crippen molar-refractivity contribution in [1.82, 2.24) is 24.9 Å². The zero-order chi connectivity index (χ0) is 19.7. The highest BCUT2D eigenvalue weighted by Gasteiger charge is 2.27. The lowest BCUT2D eigenvalue weighted by Gasteiger charge is -2.26. The fraction of sp³-hybridized carbons (Fsp3) is 0.474. The normalized spacial score (nSPS) is 16.4. The van der Waals surface area contributed by atoms with Crippen LogP contribution in [0.25, 0.3) is 11.4 Å². The number of aromatic nitrogens is 5. The molecule has 28 heavy (non-hydrogen) atoms. The summed E-state index contributed by atoms with van der Waals surface area (Å²) in [4.78, 5) is 4.35. The van der Waals surface area contributed by atoms with Gasteiger partial charge in [0.1, 0.15) is 0 Å². The van der Waals surface area contributed by atoms with Crippen molar-refractivity contribution in [2.24, 2.45) is 0 Å². The number of nitrogens with zero attached hydrogens (tertiary/aromatic N) is 5. The Morgan fingerprint density at radius 2 is 1.96 bits per heavy atom. The van der Waals surface area contributed by atoms with Gasteiger partial charge in [-0.3, -0.25) is 4.57 Å². The molecule has 0 radical (unpaired) electrons. The van der Waals surface area contributed by atoms with Gasteiger partial charge in [-0.15, -0.1) is 10.2 Å². The number of rotatable bonds is 5. The van der Waals surface area contributed by atoms with Crippen molar-refractivity contribution in [3.63, 3.8) is 0 Å². The molecule has 6 nitrogen and oxygen atoms in total. The van der Waals surface area contributed by atoms with Gasteiger partial charge in [-0.05, 0) is 44.9 Å². The van der Waals surface area contributed by atoms with Crippen molar-refractivity contribution in [2.75, 3.05) is 0 Å². The molecule has 0 amide bonds. The predicted molar refractivity (Wildman–Crippen MR) is 111 cm³/mol. The quantitative estimate of drug-likeness (QED) is 0.435. The van der Waals surface area contributed by atoms with Crippen LogP contribution in [0.2, 0.25) is 10.0 Å². The highest BCUT2D eigenvalue weighted by Crippen LogP contribution is 2.41. The van der Waals surface area contributed by atoms with Crippen LogP contribution in [0.3, 0.4) is 0 Å². The monoisotopic (exact) mass is 437 g/mol. The van der Waals surface area contributed by atoms with Crippen LogP contribution in [0.4, 0.5) is 0 Å². The average molecular weight is 438 g/mol. The summed E-state index contributed by atoms with van der Waals surface area (Å²) in [5.74, 6) is 2.00. The van der Waals surface area contributed by atoms with Crippen molar-refractivity contribution in [1.29, 1.82) is 0 Å². The van der Waals surface area contributed by atoms with Crippen molar-refractivity contribution in [3.8, 4) is 11.4 Å². The minimum atomic E-state index is -0.0266. The molecule has 1 aliphatic carbocycles. The number of hydrogen-bond acceptors (Lipinski definition) is 6. The molecule has 1 atom stereocenters. The first-order valence-electron chi connectivity index (χ1n) is 9.40. The third-order valence-corrected chi connectivity index (χ3v) is 6.54. The minimum Gasteiger partial charge on any atom is -0.338 e. The van der Waals surface area contributed by atoms with Gasteiger partial charge in [0, 0.05) is 16.6 Å². The van der Waals surface area contributed by atoms with Crippen LogP contribution < -0.4 is 0 Å². The van der Waals surface area contributed by atoms with Crippen molar-refractivity contribution < 1.29 is 4.52 Å². The SMILES string of the molecule is Cc1noc([C@H](C)Sc2nnc(-c3ccc(Cl)cc3Cl)n2C2CCCCC2)n1. The molecule has 0 unspecified atom stereocenters. The molecule has 9 heteroatoms. The standard InChI is InChI=1S/C19H21Cl2N5OS/c1-11(18-22-12(2)25-27-18)28-19-24-23-17(15-9-8-13(20)10-16(15)21)26(19)14-6-4-3-5-7-14/h8-11,14H,3-7H2,1-2H3/t11-/m0/s1. The molecule has 1 aliphatic rings. The number of hydrogen-bond donors (Lipinski definition) is 0. The molecule has 1 aromatic carbocycles. The molecule has 0 spiro atoms. The van der Waals surface area contributed by atoms with Gasteiger partial charge in [0.25, 0.3) is 0 Å². The van der Waals surface area contributed by atoms with Gasteiger partial charge in [-0.25, -0.2) is 0 Å². The summed E-state index contributed by atoms with van der Waals surface area (Å²) < 4.78 is 7.57. The Labute approximate surface area is 178 Å². The lowest BCUT2D eigenvalue weighted by molar-refractivity contribution is 0.338. The number of aryl methyl sites for hydroxylation is 1. The average Bonchev–Trinajstić information content (AvgIpc) is 3.29. The summed E-state index contributed by atoms with van der Waals surface area (Å²) >= 11 is 14.1. The molecular weight excluding hydrogens is 417 g/mol. The van der Waals surface area contributed by atoms with Crippen LogP contribution >= 0.6 is 35.0 Å². The molecule has 0 N–H and O–H groups in total. The van der Waals surface area contributed by atoms with Gasteiger partial charge in [0.05, 0.1) is 10.3 Å². The summed E-state index contributed by atoms with van der Waals surface area (Å²) in [7, 11) is 0. The molecular formula is C19H21Cl2N5OS. The van der Waals surface area contributed by atoms with E-state index in [9.17, 15) is 0 Å². The molecule has 0 aliphatic heterocycles. The molecule has 1 fully saturated rings. The third kappa shape index (κ3) is 4.07. The topological polar surface area (TPSA) is 69.6 Å². The first kappa shape index (κ1) is 19.7. The van der Waals surface area contributed by atoms with E-state index in [0.29, 0.717) is 27.8 Å². The zero-order valence-corrected chi connectivity index (χ0v) is 18.1. The van der Waals surface area contributed by atoms with Crippen LogP contribution in [-0.2, 0) is 0 Å². The van der Waals surface area contributed by atoms with Crippen LogP contribution in [0.5, 0.6) is 0 Å². The number of halogens is 2. The summed E-state index contributed by atoms with van der Waals surface area (Å²) in [6, 6.07) is 5.84. The number of benzene rings is 1. The van der Waals surface area contributed by atoms with E-state index in [1.807, 2.05) is 26.0 Å². The van der Waals surface area contributed by atoms with E-state index in [1.54, 1.807) is 17.8 Å². The van der Waals surface area contributed by atoms with Gasteiger partial charge in [0.15, 0.2) is 16.8 Å². The van der Waals surface area contributed by atoms with E-state index in [1.165, 1.54) is 19.3 Å². The highest BCUT2D eigenvalue weighted by molar-refractivity contribution is 7.99. The van der Waals surface area contributed by atoms with Crippen LogP contribution in [0, 0.1) is 6.92 Å². The lowest BCUT2D eigenvalue weighted by atomic mass is 9.95. The lowest BCUT2D eigenvalue weighted by Crippen LogP contribution is -2.15. The first-order valence-corrected chi connectivity index (χ1v) is 11.0. The fourth-order valence-electron chi connectivity index (χ4n) is 3.57. The minimum absolute atomic E-state index is 0.0266. The van der Waals surface area contributed by atoms with E-state index in [0.717, 1.165) is 29.4 Å². The van der Waals surface area contributed by atoms with Crippen LogP contribution in [0.1, 0.15) is 62.0 Å². The van der Waals surface area contributed by atoms with Gasteiger partial charge >= 0.3 is 0 Å². The van der Waals surface area contributed by atoms with E-state index in [-0.39, 0.29) is 5.25 Å². The van der Waals surface area contributed by atoms with Gasteiger partial charge in [-0.2, -0.15) is 4.98 Å². The smallest absolute Gasteiger partial charge is 0.239 e. The second kappa shape index (κ2) is 8.43. The Morgan fingerprint density at radius 1 is 1.18 bits per heavy atom. The summed E-state index contributed by atoms with van der Waals surface area (Å²) in [6.45, 7) is 3.85. The van der Waals surface area contributed by atoms with Crippen LogP contribution in [-0.4, -0.2) is 24.9 Å². The predicted octanol–water partition coefficient (Wildman–Crippen LogP) is 6.30. The molecule has 2 aromatic heterocycles. The summed E-state index contributed by atoms with van der Waals surface area (Å²) in [5, 5.41) is 14.9. The Kier molecular flexibility index (Phi) is 5.94. The largest absolute Gasteiger partial charge is 0.338 e. The van der Waals surface area contributed by atoms with Crippen molar-refractivity contribution in [3.05, 3.63) is 40.0 Å². The zero-order valence-electron chi connectivity index (χ0n) is 15.7. The highest BCUT2D eigenvalue weighted by atomic mass is 35.5. The maximum Gasteiger partial charge on any atom is 0.239 e. The Morgan fingerprint density at radius 3 is 2.64 bits per heavy atom. The van der Waals surface area contributed by atoms with Gasteiger partial charge in [-0.1, -0.05) is 59.4 Å². The number of thioether (sulfide) groups is 1. The maximum absolute atomic E-state index is 6.48. The second-order valence-corrected chi connectivity index (χ2v) is 9.18. The summed E-state index contributed by atoms with van der Waals surface area (Å²) in [6.07, 6.45) is 5.91. The van der Waals surface area contributed by atoms with E-state index in [2.05, 4.69) is 24.9 Å². The van der Waals surface area contributed by atoms with Gasteiger partial charge in [0.2, 0.25) is 5.89 Å². The van der Waals surface area contributed by atoms with E-state index >= 15 is 0 Å². The van der Waals surface area contributed by atoms with Crippen LogP contribution in [0.15, 0.2) is 27.9 Å². The molecule has 1 saturated carbocycles. The van der Waals surface area contributed by atoms with Crippen molar-refractivity contribution in [2.45, 2.75) is 62.4 Å². The molecule has 148 valence electrons. The Hall–Kier alpha value is -1.57. The van der Waals surface area contributed by atoms with Crippen molar-refractivity contribution >= 4 is 35.0 Å². The van der Waals surface area contributed by atoms with E-state index < -0.39 is 0 Å². The third-order valence-electron chi connectivity index (χ3n) is 4.95. The molecule has 2 heterocycles. The molecule has 3 aromatic rings. The maximum atomic E-state index is 6.48. The summed E-state index contributed by atoms with van der Waals surface area (Å²) in [5.41, 5.74) is 0.845. The first-order chi connectivity index (χ1) is 13.5. The molecule has 0 bridgehead atoms. The Balaban J connectivity index is 1.72. The Bertz CT molecular complexity index is 967. The van der Waals surface area contributed by atoms with Gasteiger partial charge < -0.3 is 4.52 Å². The fourth-order valence-corrected chi connectivity index (χ4v) is 5.01. The molecule has 0 saturated heterocycles. The molecule has 4 rings (SSSR count). The van der Waals surface area contributed by atoms with E-state index in [4.69, 9.17) is 27.7 Å².